The molecule has 0 spiro atoms. The first-order valence-corrected chi connectivity index (χ1v) is 3.94. The van der Waals surface area contributed by atoms with Crippen LogP contribution >= 0.6 is 0 Å². The maximum absolute atomic E-state index is 11.1. The molecule has 2 nitrogen and oxygen atoms in total. The van der Waals surface area contributed by atoms with Crippen LogP contribution in [-0.2, 0) is 4.79 Å². The van der Waals surface area contributed by atoms with Crippen molar-refractivity contribution >= 4 is 5.91 Å². The molecule has 0 saturated carbocycles. The van der Waals surface area contributed by atoms with Gasteiger partial charge in [0.1, 0.15) is 0 Å². The normalized spacial score (nSPS) is 17.4. The number of likely N-dealkylation sites (tertiary alicyclic amines) is 1. The van der Waals surface area contributed by atoms with E-state index >= 15 is 0 Å². The van der Waals surface area contributed by atoms with Gasteiger partial charge >= 0.3 is 58.2 Å². The summed E-state index contributed by atoms with van der Waals surface area (Å²) in [6.45, 7) is 3.79. The first-order valence-electron chi connectivity index (χ1n) is 3.94. The van der Waals surface area contributed by atoms with E-state index in [0.29, 0.717) is 12.3 Å². The van der Waals surface area contributed by atoms with Crippen LogP contribution in [0.5, 0.6) is 0 Å². The molecule has 0 bridgehead atoms. The maximum atomic E-state index is 11.1. The van der Waals surface area contributed by atoms with Gasteiger partial charge in [0, 0.05) is 6.42 Å². The average Bonchev–Trinajstić information content (AvgIpc) is 2.05. The Morgan fingerprint density at radius 3 is 2.45 bits per heavy atom. The topological polar surface area (TPSA) is 20.3 Å². The number of amides is 1. The van der Waals surface area contributed by atoms with E-state index in [-0.39, 0.29) is 58.2 Å². The molecule has 1 amide bonds. The van der Waals surface area contributed by atoms with Crippen molar-refractivity contribution < 1.29 is 63.0 Å². The van der Waals surface area contributed by atoms with E-state index in [9.17, 15) is 4.79 Å². The van der Waals surface area contributed by atoms with Gasteiger partial charge in [0.05, 0.1) is 0 Å². The zero-order valence-electron chi connectivity index (χ0n) is 7.47. The van der Waals surface area contributed by atoms with Crippen LogP contribution in [0.25, 0.3) is 0 Å². The molecule has 58 valence electrons. The minimum Gasteiger partial charge on any atom is -0.348 e. The number of hydrogen-bond acceptors (Lipinski definition) is 1. The van der Waals surface area contributed by atoms with Gasteiger partial charge in [-0.05, 0) is 13.1 Å². The zero-order chi connectivity index (χ0) is 7.40. The van der Waals surface area contributed by atoms with Crippen LogP contribution in [0, 0.1) is 6.42 Å². The summed E-state index contributed by atoms with van der Waals surface area (Å²) in [4.78, 5) is 13.0. The van der Waals surface area contributed by atoms with Crippen molar-refractivity contribution in [3.05, 3.63) is 6.42 Å². The van der Waals surface area contributed by atoms with Crippen molar-refractivity contribution in [3.8, 4) is 0 Å². The first-order chi connectivity index (χ1) is 4.84. The van der Waals surface area contributed by atoms with E-state index in [0.717, 1.165) is 25.9 Å². The molecular formula is C8H14NORb. The molecule has 0 aromatic heterocycles. The van der Waals surface area contributed by atoms with Gasteiger partial charge < -0.3 is 11.3 Å². The SMILES string of the molecule is CCC(=O)N1CC[CH-]CC1.[Rb+]. The smallest absolute Gasteiger partial charge is 0.348 e. The number of carbonyl (C=O) groups excluding carboxylic acids is 1. The fourth-order valence-electron chi connectivity index (χ4n) is 1.22. The van der Waals surface area contributed by atoms with E-state index in [1.54, 1.807) is 0 Å². The predicted octanol–water partition coefficient (Wildman–Crippen LogP) is -1.77. The fraction of sp³-hybridized carbons (Fsp3) is 0.750. The third-order valence-corrected chi connectivity index (χ3v) is 1.86. The Morgan fingerprint density at radius 2 is 2.00 bits per heavy atom. The second kappa shape index (κ2) is 6.75. The fourth-order valence-corrected chi connectivity index (χ4v) is 1.22. The maximum Gasteiger partial charge on any atom is 1.00 e. The summed E-state index contributed by atoms with van der Waals surface area (Å²) in [5, 5.41) is 0. The molecule has 0 aliphatic carbocycles. The Morgan fingerprint density at radius 1 is 1.45 bits per heavy atom. The van der Waals surface area contributed by atoms with Crippen molar-refractivity contribution in [2.45, 2.75) is 26.2 Å². The van der Waals surface area contributed by atoms with Crippen molar-refractivity contribution in [2.24, 2.45) is 0 Å². The summed E-state index contributed by atoms with van der Waals surface area (Å²) in [6, 6.07) is 0. The van der Waals surface area contributed by atoms with Crippen molar-refractivity contribution in [2.75, 3.05) is 13.1 Å². The van der Waals surface area contributed by atoms with Crippen LogP contribution < -0.4 is 58.2 Å². The molecule has 0 atom stereocenters. The molecule has 1 aliphatic heterocycles. The van der Waals surface area contributed by atoms with Crippen molar-refractivity contribution in [1.82, 2.24) is 4.90 Å². The van der Waals surface area contributed by atoms with Crippen LogP contribution in [0.1, 0.15) is 26.2 Å². The van der Waals surface area contributed by atoms with E-state index in [4.69, 9.17) is 0 Å². The Kier molecular flexibility index (Phi) is 7.54. The third kappa shape index (κ3) is 4.16. The quantitative estimate of drug-likeness (QED) is 0.484. The predicted molar refractivity (Wildman–Crippen MR) is 40.4 cm³/mol. The van der Waals surface area contributed by atoms with Crippen LogP contribution in [0.3, 0.4) is 0 Å². The zero-order valence-corrected chi connectivity index (χ0v) is 12.4. The largest absolute Gasteiger partial charge is 1.00 e. The van der Waals surface area contributed by atoms with Crippen LogP contribution in [-0.4, -0.2) is 23.9 Å². The summed E-state index contributed by atoms with van der Waals surface area (Å²) in [6.07, 6.45) is 5.05. The molecule has 11 heavy (non-hydrogen) atoms. The minimum absolute atomic E-state index is 0. The number of nitrogens with zero attached hydrogens (tertiary/aromatic N) is 1. The molecule has 1 saturated heterocycles. The van der Waals surface area contributed by atoms with Crippen LogP contribution in [0.2, 0.25) is 0 Å². The standard InChI is InChI=1S/C8H14NO.Rb/c1-2-8(10)9-6-4-3-5-7-9;/h3H,2,4-7H2,1H3;/q-1;+1. The number of rotatable bonds is 1. The summed E-state index contributed by atoms with van der Waals surface area (Å²) in [5.74, 6) is 0.299. The number of piperidine rings is 1. The molecule has 0 unspecified atom stereocenters. The second-order valence-electron chi connectivity index (χ2n) is 2.60. The van der Waals surface area contributed by atoms with Gasteiger partial charge in [-0.2, -0.15) is 12.8 Å². The molecule has 1 aliphatic rings. The number of hydrogen-bond donors (Lipinski definition) is 0. The second-order valence-corrected chi connectivity index (χ2v) is 2.60. The molecule has 3 heteroatoms. The van der Waals surface area contributed by atoms with Gasteiger partial charge in [-0.15, -0.1) is 0 Å². The number of carbonyl (C=O) groups is 1. The monoisotopic (exact) mass is 225 g/mol. The van der Waals surface area contributed by atoms with Gasteiger partial charge in [-0.3, -0.25) is 4.79 Å². The van der Waals surface area contributed by atoms with Gasteiger partial charge in [-0.25, -0.2) is 0 Å². The van der Waals surface area contributed by atoms with Crippen LogP contribution in [0.15, 0.2) is 0 Å². The first kappa shape index (κ1) is 12.3. The van der Waals surface area contributed by atoms with Crippen molar-refractivity contribution in [3.63, 3.8) is 0 Å². The Labute approximate surface area is 118 Å². The van der Waals surface area contributed by atoms with Gasteiger partial charge in [0.15, 0.2) is 0 Å². The molecule has 0 N–H and O–H groups in total. The molecule has 0 aromatic rings. The molecule has 1 fully saturated rings. The summed E-state index contributed by atoms with van der Waals surface area (Å²) >= 11 is 0. The van der Waals surface area contributed by atoms with Gasteiger partial charge in [0.2, 0.25) is 5.91 Å². The van der Waals surface area contributed by atoms with E-state index in [1.165, 1.54) is 0 Å². The molecule has 1 heterocycles. The summed E-state index contributed by atoms with van der Waals surface area (Å²) < 4.78 is 0. The summed E-state index contributed by atoms with van der Waals surface area (Å²) in [5.41, 5.74) is 0. The van der Waals surface area contributed by atoms with Crippen LogP contribution in [0.4, 0.5) is 0 Å². The van der Waals surface area contributed by atoms with E-state index < -0.39 is 0 Å². The minimum atomic E-state index is 0. The Balaban J connectivity index is 0.000001000. The Hall–Kier alpha value is 1.28. The summed E-state index contributed by atoms with van der Waals surface area (Å²) in [7, 11) is 0. The van der Waals surface area contributed by atoms with E-state index in [1.807, 2.05) is 11.8 Å². The van der Waals surface area contributed by atoms with Gasteiger partial charge in [-0.1, -0.05) is 6.92 Å². The molecule has 0 aromatic carbocycles. The van der Waals surface area contributed by atoms with E-state index in [2.05, 4.69) is 6.42 Å². The average molecular weight is 226 g/mol. The van der Waals surface area contributed by atoms with Gasteiger partial charge in [0.25, 0.3) is 0 Å². The van der Waals surface area contributed by atoms with Crippen molar-refractivity contribution in [1.29, 1.82) is 0 Å². The molecule has 0 radical (unpaired) electrons. The third-order valence-electron chi connectivity index (χ3n) is 1.86. The molecule has 1 rings (SSSR count). The Bertz CT molecular complexity index is 121. The molecular weight excluding hydrogens is 212 g/mol.